The summed E-state index contributed by atoms with van der Waals surface area (Å²) in [6.45, 7) is 9.89. The lowest BCUT2D eigenvalue weighted by atomic mass is 10.0. The molecule has 190 valence electrons. The number of fused-ring (bicyclic) bond motifs is 1. The Morgan fingerprint density at radius 2 is 1.71 bits per heavy atom. The van der Waals surface area contributed by atoms with Crippen molar-refractivity contribution in [3.63, 3.8) is 0 Å². The lowest BCUT2D eigenvalue weighted by Crippen LogP contribution is -2.39. The van der Waals surface area contributed by atoms with Gasteiger partial charge in [-0.3, -0.25) is 14.4 Å². The van der Waals surface area contributed by atoms with E-state index in [9.17, 15) is 14.4 Å². The van der Waals surface area contributed by atoms with Crippen molar-refractivity contribution in [1.82, 2.24) is 9.80 Å². The number of carboxylic acid groups (broad SMARTS) is 1. The van der Waals surface area contributed by atoms with Crippen LogP contribution in [0, 0.1) is 12.8 Å². The van der Waals surface area contributed by atoms with Crippen LogP contribution < -0.4 is 5.73 Å². The SMILES string of the molecule is CCCN(CCC)C(=O)c1ccc2c(c1)C(=O)N(CC(N)CC(C)C(=O)O)C2.Cc1ccccc1. The second-order valence-electron chi connectivity index (χ2n) is 9.24. The number of aliphatic carboxylic acids is 1. The number of carbonyl (C=O) groups excluding carboxylic acids is 2. The van der Waals surface area contributed by atoms with Gasteiger partial charge in [0.15, 0.2) is 0 Å². The summed E-state index contributed by atoms with van der Waals surface area (Å²) in [5.41, 5.74) is 9.32. The van der Waals surface area contributed by atoms with E-state index in [1.54, 1.807) is 24.0 Å². The van der Waals surface area contributed by atoms with Crippen molar-refractivity contribution >= 4 is 17.8 Å². The molecule has 2 amide bonds. The molecule has 0 radical (unpaired) electrons. The Hall–Kier alpha value is -3.19. The van der Waals surface area contributed by atoms with Crippen LogP contribution in [0.15, 0.2) is 48.5 Å². The molecule has 0 fully saturated rings. The molecule has 7 heteroatoms. The van der Waals surface area contributed by atoms with Gasteiger partial charge in [-0.05, 0) is 43.9 Å². The number of aryl methyl sites for hydroxylation is 1. The van der Waals surface area contributed by atoms with Gasteiger partial charge in [-0.25, -0.2) is 0 Å². The van der Waals surface area contributed by atoms with Gasteiger partial charge in [-0.15, -0.1) is 0 Å². The number of nitrogens with two attached hydrogens (primary N) is 1. The normalized spacial score (nSPS) is 14.0. The van der Waals surface area contributed by atoms with Crippen LogP contribution in [0.2, 0.25) is 0 Å². The molecule has 1 heterocycles. The molecular weight excluding hydrogens is 442 g/mol. The number of nitrogens with zero attached hydrogens (tertiary/aromatic N) is 2. The summed E-state index contributed by atoms with van der Waals surface area (Å²) in [5.74, 6) is -1.65. The molecule has 0 saturated carbocycles. The third-order valence-electron chi connectivity index (χ3n) is 5.98. The van der Waals surface area contributed by atoms with Crippen LogP contribution in [0.4, 0.5) is 0 Å². The molecule has 0 aromatic heterocycles. The van der Waals surface area contributed by atoms with Gasteiger partial charge >= 0.3 is 5.97 Å². The first-order chi connectivity index (χ1) is 16.7. The van der Waals surface area contributed by atoms with Gasteiger partial charge in [0.1, 0.15) is 0 Å². The topological polar surface area (TPSA) is 104 Å². The van der Waals surface area contributed by atoms with Crippen LogP contribution in [-0.4, -0.2) is 58.4 Å². The average molecular weight is 482 g/mol. The molecule has 0 bridgehead atoms. The van der Waals surface area contributed by atoms with Crippen molar-refractivity contribution in [2.45, 2.75) is 59.5 Å². The minimum Gasteiger partial charge on any atom is -0.481 e. The van der Waals surface area contributed by atoms with E-state index in [1.807, 2.05) is 43.0 Å². The van der Waals surface area contributed by atoms with Crippen molar-refractivity contribution < 1.29 is 19.5 Å². The zero-order valence-electron chi connectivity index (χ0n) is 21.4. The van der Waals surface area contributed by atoms with Gasteiger partial charge in [0, 0.05) is 43.3 Å². The molecule has 3 rings (SSSR count). The number of rotatable bonds is 10. The maximum atomic E-state index is 12.8. The lowest BCUT2D eigenvalue weighted by molar-refractivity contribution is -0.141. The number of hydrogen-bond acceptors (Lipinski definition) is 4. The molecule has 2 aromatic rings. The molecule has 2 atom stereocenters. The molecule has 0 aliphatic carbocycles. The van der Waals surface area contributed by atoms with E-state index >= 15 is 0 Å². The highest BCUT2D eigenvalue weighted by atomic mass is 16.4. The Kier molecular flexibility index (Phi) is 10.9. The van der Waals surface area contributed by atoms with E-state index < -0.39 is 17.9 Å². The third-order valence-corrected chi connectivity index (χ3v) is 5.98. The van der Waals surface area contributed by atoms with Crippen molar-refractivity contribution in [2.75, 3.05) is 19.6 Å². The fraction of sp³-hybridized carbons (Fsp3) is 0.464. The zero-order chi connectivity index (χ0) is 26.0. The van der Waals surface area contributed by atoms with Crippen LogP contribution in [0.5, 0.6) is 0 Å². The zero-order valence-corrected chi connectivity index (χ0v) is 21.4. The van der Waals surface area contributed by atoms with Crippen LogP contribution in [-0.2, 0) is 11.3 Å². The summed E-state index contributed by atoms with van der Waals surface area (Å²) in [4.78, 5) is 40.0. The highest BCUT2D eigenvalue weighted by Gasteiger charge is 2.30. The number of hydrogen-bond donors (Lipinski definition) is 2. The second kappa shape index (κ2) is 13.6. The summed E-state index contributed by atoms with van der Waals surface area (Å²) in [6, 6.07) is 15.2. The largest absolute Gasteiger partial charge is 0.481 e. The minimum atomic E-state index is -0.890. The Morgan fingerprint density at radius 3 is 2.23 bits per heavy atom. The summed E-state index contributed by atoms with van der Waals surface area (Å²) in [6.07, 6.45) is 2.08. The number of benzene rings is 2. The average Bonchev–Trinajstić information content (AvgIpc) is 3.13. The quantitative estimate of drug-likeness (QED) is 0.525. The Labute approximate surface area is 208 Å². The van der Waals surface area contributed by atoms with Crippen LogP contribution >= 0.6 is 0 Å². The van der Waals surface area contributed by atoms with Gasteiger partial charge < -0.3 is 20.6 Å². The van der Waals surface area contributed by atoms with Crippen LogP contribution in [0.1, 0.15) is 71.9 Å². The Bertz CT molecular complexity index is 987. The van der Waals surface area contributed by atoms with E-state index in [4.69, 9.17) is 10.8 Å². The van der Waals surface area contributed by atoms with Gasteiger partial charge in [-0.1, -0.05) is 62.7 Å². The van der Waals surface area contributed by atoms with Crippen molar-refractivity contribution in [3.8, 4) is 0 Å². The smallest absolute Gasteiger partial charge is 0.306 e. The van der Waals surface area contributed by atoms with E-state index in [-0.39, 0.29) is 11.8 Å². The van der Waals surface area contributed by atoms with Crippen molar-refractivity contribution in [1.29, 1.82) is 0 Å². The molecule has 0 spiro atoms. The van der Waals surface area contributed by atoms with E-state index in [0.29, 0.717) is 43.7 Å². The van der Waals surface area contributed by atoms with Gasteiger partial charge in [-0.2, -0.15) is 0 Å². The first kappa shape index (κ1) is 28.1. The van der Waals surface area contributed by atoms with Gasteiger partial charge in [0.2, 0.25) is 0 Å². The number of carboxylic acids is 1. The van der Waals surface area contributed by atoms with E-state index in [1.165, 1.54) is 5.56 Å². The first-order valence-corrected chi connectivity index (χ1v) is 12.4. The molecule has 3 N–H and O–H groups in total. The maximum Gasteiger partial charge on any atom is 0.306 e. The fourth-order valence-corrected chi connectivity index (χ4v) is 4.13. The predicted molar refractivity (Wildman–Crippen MR) is 138 cm³/mol. The van der Waals surface area contributed by atoms with Crippen LogP contribution in [0.3, 0.4) is 0 Å². The monoisotopic (exact) mass is 481 g/mol. The Morgan fingerprint density at radius 1 is 1.09 bits per heavy atom. The minimum absolute atomic E-state index is 0.0512. The summed E-state index contributed by atoms with van der Waals surface area (Å²) in [5, 5.41) is 9.02. The number of carbonyl (C=O) groups is 3. The molecule has 0 saturated heterocycles. The predicted octanol–water partition coefficient (Wildman–Crippen LogP) is 4.34. The highest BCUT2D eigenvalue weighted by molar-refractivity contribution is 6.02. The third kappa shape index (κ3) is 8.21. The highest BCUT2D eigenvalue weighted by Crippen LogP contribution is 2.25. The summed E-state index contributed by atoms with van der Waals surface area (Å²) < 4.78 is 0. The standard InChI is InChI=1S/C21H31N3O4.C7H8/c1-4-8-23(9-5-2)19(25)15-6-7-16-12-24(20(26)18(16)11-15)13-17(22)10-14(3)21(27)28;1-7-5-3-2-4-6-7/h6-7,11,14,17H,4-5,8-10,12-13,22H2,1-3H3,(H,27,28);2-6H,1H3. The van der Waals surface area contributed by atoms with Gasteiger partial charge in [0.05, 0.1) is 5.92 Å². The molecule has 1 aliphatic rings. The molecule has 1 aliphatic heterocycles. The number of amides is 2. The molecule has 2 aromatic carbocycles. The summed E-state index contributed by atoms with van der Waals surface area (Å²) in [7, 11) is 0. The maximum absolute atomic E-state index is 12.8. The van der Waals surface area contributed by atoms with Crippen molar-refractivity contribution in [3.05, 3.63) is 70.8 Å². The van der Waals surface area contributed by atoms with Crippen molar-refractivity contribution in [2.24, 2.45) is 11.7 Å². The molecule has 2 unspecified atom stereocenters. The molecule has 35 heavy (non-hydrogen) atoms. The second-order valence-corrected chi connectivity index (χ2v) is 9.24. The van der Waals surface area contributed by atoms with Crippen LogP contribution in [0.25, 0.3) is 0 Å². The fourth-order valence-electron chi connectivity index (χ4n) is 4.13. The summed E-state index contributed by atoms with van der Waals surface area (Å²) >= 11 is 0. The first-order valence-electron chi connectivity index (χ1n) is 12.4. The van der Waals surface area contributed by atoms with E-state index in [0.717, 1.165) is 18.4 Å². The van der Waals surface area contributed by atoms with E-state index in [2.05, 4.69) is 19.1 Å². The molecule has 7 nitrogen and oxygen atoms in total. The van der Waals surface area contributed by atoms with Gasteiger partial charge in [0.25, 0.3) is 11.8 Å². The lowest BCUT2D eigenvalue weighted by Gasteiger charge is -2.22. The molecular formula is C28H39N3O4. The Balaban J connectivity index is 0.000000527.